The molecule has 0 saturated heterocycles. The predicted octanol–water partition coefficient (Wildman–Crippen LogP) is 2.40. The smallest absolute Gasteiger partial charge is 0.196 e. The van der Waals surface area contributed by atoms with Crippen LogP contribution < -0.4 is 5.73 Å². The summed E-state index contributed by atoms with van der Waals surface area (Å²) in [4.78, 5) is 25.4. The van der Waals surface area contributed by atoms with Gasteiger partial charge in [0.2, 0.25) is 0 Å². The van der Waals surface area contributed by atoms with Crippen LogP contribution in [0.15, 0.2) is 40.8 Å². The van der Waals surface area contributed by atoms with Crippen LogP contribution in [0.4, 0.5) is 11.4 Å². The van der Waals surface area contributed by atoms with Gasteiger partial charge in [0.1, 0.15) is 0 Å². The van der Waals surface area contributed by atoms with E-state index < -0.39 is 9.73 Å². The summed E-state index contributed by atoms with van der Waals surface area (Å²) in [5, 5.41) is 0. The van der Waals surface area contributed by atoms with Gasteiger partial charge in [0.25, 0.3) is 0 Å². The second-order valence-corrected chi connectivity index (χ2v) is 7.95. The van der Waals surface area contributed by atoms with Crippen LogP contribution in [0.1, 0.15) is 31.8 Å². The highest BCUT2D eigenvalue weighted by atomic mass is 32.2. The number of nitrogens with zero attached hydrogens (tertiary/aromatic N) is 1. The Hall–Kier alpha value is -2.47. The molecule has 112 valence electrons. The van der Waals surface area contributed by atoms with Gasteiger partial charge < -0.3 is 5.73 Å². The molecule has 0 amide bonds. The number of nitrogens with two attached hydrogens (primary N) is 1. The highest BCUT2D eigenvalue weighted by Gasteiger charge is 2.33. The molecule has 2 N–H and O–H groups in total. The maximum atomic E-state index is 12.8. The summed E-state index contributed by atoms with van der Waals surface area (Å²) in [6, 6.07) is 9.57. The molecule has 0 heterocycles. The molecular weight excluding hydrogens is 300 g/mol. The Morgan fingerprint density at radius 3 is 2.09 bits per heavy atom. The van der Waals surface area contributed by atoms with Crippen LogP contribution in [-0.2, 0) is 9.73 Å². The first-order valence-corrected chi connectivity index (χ1v) is 8.91. The quantitative estimate of drug-likeness (QED) is 0.698. The van der Waals surface area contributed by atoms with E-state index in [9.17, 15) is 13.8 Å². The predicted molar refractivity (Wildman–Crippen MR) is 86.2 cm³/mol. The lowest BCUT2D eigenvalue weighted by Crippen LogP contribution is -2.22. The zero-order chi connectivity index (χ0) is 16.1. The molecule has 0 atom stereocenters. The molecule has 0 unspecified atom stereocenters. The van der Waals surface area contributed by atoms with Crippen molar-refractivity contribution in [3.8, 4) is 0 Å². The Kier molecular flexibility index (Phi) is 3.14. The van der Waals surface area contributed by atoms with Crippen molar-refractivity contribution in [1.82, 2.24) is 0 Å². The Bertz CT molecular complexity index is 946. The topological polar surface area (TPSA) is 89.6 Å². The van der Waals surface area contributed by atoms with Gasteiger partial charge in [0.05, 0.1) is 16.8 Å². The molecule has 0 fully saturated rings. The lowest BCUT2D eigenvalue weighted by Gasteiger charge is -2.20. The van der Waals surface area contributed by atoms with Crippen molar-refractivity contribution < 1.29 is 13.8 Å². The van der Waals surface area contributed by atoms with E-state index in [0.717, 1.165) is 0 Å². The van der Waals surface area contributed by atoms with E-state index in [0.29, 0.717) is 0 Å². The maximum Gasteiger partial charge on any atom is 0.196 e. The number of ketones is 2. The van der Waals surface area contributed by atoms with Gasteiger partial charge in [-0.2, -0.15) is 4.36 Å². The van der Waals surface area contributed by atoms with Crippen molar-refractivity contribution in [1.29, 1.82) is 0 Å². The van der Waals surface area contributed by atoms with E-state index in [4.69, 9.17) is 5.73 Å². The molecule has 0 saturated carbocycles. The van der Waals surface area contributed by atoms with Crippen LogP contribution in [0, 0.1) is 0 Å². The van der Waals surface area contributed by atoms with Crippen LogP contribution in [0.3, 0.4) is 0 Å². The van der Waals surface area contributed by atoms with Gasteiger partial charge >= 0.3 is 0 Å². The minimum absolute atomic E-state index is 0.196. The van der Waals surface area contributed by atoms with E-state index in [1.807, 2.05) is 0 Å². The molecule has 0 aliphatic heterocycles. The summed E-state index contributed by atoms with van der Waals surface area (Å²) in [6.07, 6.45) is 2.96. The number of fused-ring (bicyclic) bond motifs is 2. The van der Waals surface area contributed by atoms with Crippen molar-refractivity contribution in [2.24, 2.45) is 4.36 Å². The molecule has 0 radical (unpaired) electrons. The molecule has 2 aromatic carbocycles. The Balaban J connectivity index is 2.36. The summed E-state index contributed by atoms with van der Waals surface area (Å²) < 4.78 is 16.1. The zero-order valence-electron chi connectivity index (χ0n) is 12.1. The standard InChI is InChI=1S/C16H14N2O3S/c1-22(2,21)18-12-8-4-6-10-14(12)16(20)9-5-3-7-11(17)13(9)15(10)19/h3-8H,17H2,1-2H3. The van der Waals surface area contributed by atoms with Crippen LogP contribution in [0.5, 0.6) is 0 Å². The van der Waals surface area contributed by atoms with Crippen LogP contribution in [-0.4, -0.2) is 28.3 Å². The highest BCUT2D eigenvalue weighted by Crippen LogP contribution is 2.35. The third-order valence-corrected chi connectivity index (χ3v) is 4.04. The number of nitrogen functional groups attached to an aromatic ring is 1. The Labute approximate surface area is 128 Å². The molecular formula is C16H14N2O3S. The molecule has 1 aliphatic carbocycles. The fourth-order valence-electron chi connectivity index (χ4n) is 2.56. The second kappa shape index (κ2) is 4.78. The van der Waals surface area contributed by atoms with E-state index in [2.05, 4.69) is 4.36 Å². The summed E-state index contributed by atoms with van der Waals surface area (Å²) in [5.41, 5.74) is 7.34. The molecule has 2 aromatic rings. The van der Waals surface area contributed by atoms with Gasteiger partial charge in [-0.3, -0.25) is 9.59 Å². The average Bonchev–Trinajstić information content (AvgIpc) is 2.42. The maximum absolute atomic E-state index is 12.8. The number of benzene rings is 2. The number of hydrogen-bond acceptors (Lipinski definition) is 5. The summed E-state index contributed by atoms with van der Waals surface area (Å²) >= 11 is 0. The Morgan fingerprint density at radius 2 is 1.45 bits per heavy atom. The first-order chi connectivity index (χ1) is 10.3. The molecule has 0 spiro atoms. The molecule has 0 aromatic heterocycles. The van der Waals surface area contributed by atoms with Gasteiger partial charge in [-0.25, -0.2) is 4.21 Å². The van der Waals surface area contributed by atoms with E-state index in [1.54, 1.807) is 36.4 Å². The van der Waals surface area contributed by atoms with Crippen LogP contribution in [0.25, 0.3) is 0 Å². The lowest BCUT2D eigenvalue weighted by molar-refractivity contribution is 0.0980. The number of carbonyl (C=O) groups excluding carboxylic acids is 2. The number of rotatable bonds is 1. The van der Waals surface area contributed by atoms with Gasteiger partial charge in [-0.1, -0.05) is 24.3 Å². The highest BCUT2D eigenvalue weighted by molar-refractivity contribution is 7.92. The van der Waals surface area contributed by atoms with E-state index in [1.165, 1.54) is 12.5 Å². The molecule has 22 heavy (non-hydrogen) atoms. The third kappa shape index (κ3) is 2.21. The third-order valence-electron chi connectivity index (χ3n) is 3.40. The van der Waals surface area contributed by atoms with E-state index >= 15 is 0 Å². The van der Waals surface area contributed by atoms with E-state index in [-0.39, 0.29) is 45.2 Å². The lowest BCUT2D eigenvalue weighted by atomic mass is 9.82. The zero-order valence-corrected chi connectivity index (χ0v) is 12.9. The number of anilines is 1. The summed E-state index contributed by atoms with van der Waals surface area (Å²) in [7, 11) is -2.45. The van der Waals surface area contributed by atoms with Crippen LogP contribution >= 0.6 is 0 Å². The number of carbonyl (C=O) groups is 2. The molecule has 6 heteroatoms. The van der Waals surface area contributed by atoms with Crippen molar-refractivity contribution in [3.05, 3.63) is 58.7 Å². The minimum Gasteiger partial charge on any atom is -0.398 e. The van der Waals surface area contributed by atoms with Gasteiger partial charge in [-0.15, -0.1) is 0 Å². The molecule has 3 rings (SSSR count). The summed E-state index contributed by atoms with van der Waals surface area (Å²) in [5.74, 6) is -0.627. The first kappa shape index (κ1) is 14.5. The summed E-state index contributed by atoms with van der Waals surface area (Å²) in [6.45, 7) is 0. The largest absolute Gasteiger partial charge is 0.398 e. The minimum atomic E-state index is -2.45. The van der Waals surface area contributed by atoms with Crippen molar-refractivity contribution >= 4 is 32.7 Å². The first-order valence-electron chi connectivity index (χ1n) is 6.57. The Morgan fingerprint density at radius 1 is 0.909 bits per heavy atom. The normalized spacial score (nSPS) is 13.5. The van der Waals surface area contributed by atoms with Gasteiger partial charge in [0.15, 0.2) is 11.6 Å². The number of hydrogen-bond donors (Lipinski definition) is 1. The van der Waals surface area contributed by atoms with Gasteiger partial charge in [-0.05, 0) is 12.1 Å². The molecule has 5 nitrogen and oxygen atoms in total. The fourth-order valence-corrected chi connectivity index (χ4v) is 3.19. The average molecular weight is 314 g/mol. The van der Waals surface area contributed by atoms with Gasteiger partial charge in [0, 0.05) is 39.1 Å². The monoisotopic (exact) mass is 314 g/mol. The van der Waals surface area contributed by atoms with Crippen molar-refractivity contribution in [2.45, 2.75) is 0 Å². The fraction of sp³-hybridized carbons (Fsp3) is 0.125. The van der Waals surface area contributed by atoms with Crippen LogP contribution in [0.2, 0.25) is 0 Å². The molecule has 0 bridgehead atoms. The van der Waals surface area contributed by atoms with Crippen molar-refractivity contribution in [2.75, 3.05) is 18.2 Å². The van der Waals surface area contributed by atoms with Crippen molar-refractivity contribution in [3.63, 3.8) is 0 Å². The molecule has 1 aliphatic rings. The SMILES string of the molecule is CS(C)(=O)=Nc1cccc2c1C(=O)c1cccc(N)c1C2=O. The second-order valence-electron chi connectivity index (χ2n) is 5.40.